The van der Waals surface area contributed by atoms with E-state index in [0.29, 0.717) is 0 Å². The molecule has 4 nitrogen and oxygen atoms in total. The van der Waals surface area contributed by atoms with Gasteiger partial charge in [0.1, 0.15) is 10.4 Å². The molecular weight excluding hydrogens is 327 g/mol. The van der Waals surface area contributed by atoms with Crippen LogP contribution in [0.3, 0.4) is 0 Å². The number of hydrogen-bond donors (Lipinski definition) is 1. The Labute approximate surface area is 104 Å². The van der Waals surface area contributed by atoms with Gasteiger partial charge in [0.05, 0.1) is 5.69 Å². The number of anilines is 1. The van der Waals surface area contributed by atoms with E-state index in [1.54, 1.807) is 0 Å². The standard InChI is InChI=1S/C8H7BrF3NO3S/c9-5-17(14,15)13-6-2-1-3-7(4-6)16-8(10,11)12/h1-4,13H,5H2. The molecule has 0 amide bonds. The fourth-order valence-corrected chi connectivity index (χ4v) is 1.85. The van der Waals surface area contributed by atoms with Gasteiger partial charge in [0.15, 0.2) is 0 Å². The lowest BCUT2D eigenvalue weighted by Crippen LogP contribution is -2.17. The molecule has 0 bridgehead atoms. The first kappa shape index (κ1) is 14.1. The van der Waals surface area contributed by atoms with Crippen LogP contribution >= 0.6 is 15.9 Å². The highest BCUT2D eigenvalue weighted by Gasteiger charge is 2.31. The molecule has 0 saturated heterocycles. The van der Waals surface area contributed by atoms with Gasteiger partial charge in [-0.05, 0) is 12.1 Å². The second-order valence-corrected chi connectivity index (χ2v) is 5.93. The summed E-state index contributed by atoms with van der Waals surface area (Å²) in [5.74, 6) is -0.493. The Morgan fingerprint density at radius 2 is 2.00 bits per heavy atom. The van der Waals surface area contributed by atoms with Crippen LogP contribution < -0.4 is 9.46 Å². The summed E-state index contributed by atoms with van der Waals surface area (Å²) in [7, 11) is -3.60. The van der Waals surface area contributed by atoms with E-state index in [1.807, 2.05) is 0 Å². The third-order valence-corrected chi connectivity index (χ3v) is 4.13. The van der Waals surface area contributed by atoms with Crippen LogP contribution in [0.5, 0.6) is 5.75 Å². The molecule has 0 unspecified atom stereocenters. The van der Waals surface area contributed by atoms with E-state index in [9.17, 15) is 21.6 Å². The number of nitrogens with one attached hydrogen (secondary N) is 1. The number of sulfonamides is 1. The van der Waals surface area contributed by atoms with Crippen molar-refractivity contribution in [2.45, 2.75) is 6.36 Å². The van der Waals surface area contributed by atoms with Crippen molar-refractivity contribution < 1.29 is 26.3 Å². The summed E-state index contributed by atoms with van der Waals surface area (Å²) < 4.78 is 63.4. The highest BCUT2D eigenvalue weighted by Crippen LogP contribution is 2.25. The van der Waals surface area contributed by atoms with Gasteiger partial charge in [0, 0.05) is 6.07 Å². The van der Waals surface area contributed by atoms with Gasteiger partial charge in [-0.3, -0.25) is 4.72 Å². The molecule has 0 atom stereocenters. The number of ether oxygens (including phenoxy) is 1. The summed E-state index contributed by atoms with van der Waals surface area (Å²) in [6.07, 6.45) is -4.81. The summed E-state index contributed by atoms with van der Waals surface area (Å²) in [4.78, 5) is 0. The molecule has 0 aliphatic heterocycles. The predicted molar refractivity (Wildman–Crippen MR) is 59.5 cm³/mol. The Kier molecular flexibility index (Phi) is 4.26. The van der Waals surface area contributed by atoms with E-state index in [-0.39, 0.29) is 10.3 Å². The quantitative estimate of drug-likeness (QED) is 0.862. The lowest BCUT2D eigenvalue weighted by atomic mass is 10.3. The predicted octanol–water partition coefficient (Wildman–Crippen LogP) is 2.68. The number of halogens is 4. The maximum atomic E-state index is 11.9. The number of benzene rings is 1. The summed E-state index contributed by atoms with van der Waals surface area (Å²) in [5.41, 5.74) is -0.00815. The molecule has 1 N–H and O–H groups in total. The van der Waals surface area contributed by atoms with Crippen LogP contribution in [0.4, 0.5) is 18.9 Å². The molecule has 0 fully saturated rings. The highest BCUT2D eigenvalue weighted by atomic mass is 79.9. The van der Waals surface area contributed by atoms with Gasteiger partial charge in [0.25, 0.3) is 0 Å². The molecular formula is C8H7BrF3NO3S. The van der Waals surface area contributed by atoms with Gasteiger partial charge in [-0.15, -0.1) is 13.2 Å². The highest BCUT2D eigenvalue weighted by molar-refractivity contribution is 9.10. The van der Waals surface area contributed by atoms with Crippen molar-refractivity contribution in [3.63, 3.8) is 0 Å². The van der Waals surface area contributed by atoms with E-state index < -0.39 is 22.1 Å². The van der Waals surface area contributed by atoms with Crippen molar-refractivity contribution in [2.24, 2.45) is 0 Å². The Bertz CT molecular complexity index is 489. The van der Waals surface area contributed by atoms with Gasteiger partial charge in [-0.2, -0.15) is 0 Å². The van der Waals surface area contributed by atoms with E-state index in [1.165, 1.54) is 12.1 Å². The van der Waals surface area contributed by atoms with E-state index in [2.05, 4.69) is 25.4 Å². The van der Waals surface area contributed by atoms with Crippen LogP contribution in [-0.2, 0) is 10.0 Å². The number of hydrogen-bond acceptors (Lipinski definition) is 3. The first-order valence-electron chi connectivity index (χ1n) is 4.14. The Hall–Kier alpha value is -0.960. The molecule has 1 aromatic carbocycles. The topological polar surface area (TPSA) is 55.4 Å². The molecule has 0 aliphatic rings. The van der Waals surface area contributed by atoms with Crippen molar-refractivity contribution in [1.29, 1.82) is 0 Å². The van der Waals surface area contributed by atoms with Crippen molar-refractivity contribution in [1.82, 2.24) is 0 Å². The smallest absolute Gasteiger partial charge is 0.406 e. The molecule has 0 aliphatic carbocycles. The van der Waals surface area contributed by atoms with E-state index >= 15 is 0 Å². The van der Waals surface area contributed by atoms with Crippen LogP contribution in [0.1, 0.15) is 0 Å². The minimum absolute atomic E-state index is 0.00815. The molecule has 0 aromatic heterocycles. The SMILES string of the molecule is O=S(=O)(CBr)Nc1cccc(OC(F)(F)F)c1. The second kappa shape index (κ2) is 5.13. The average Bonchev–Trinajstić information content (AvgIpc) is 2.14. The maximum Gasteiger partial charge on any atom is 0.573 e. The van der Waals surface area contributed by atoms with Gasteiger partial charge >= 0.3 is 6.36 Å². The van der Waals surface area contributed by atoms with Crippen molar-refractivity contribution >= 4 is 31.6 Å². The third kappa shape index (κ3) is 5.26. The first-order chi connectivity index (χ1) is 7.72. The van der Waals surface area contributed by atoms with Gasteiger partial charge < -0.3 is 4.74 Å². The van der Waals surface area contributed by atoms with E-state index in [0.717, 1.165) is 12.1 Å². The largest absolute Gasteiger partial charge is 0.573 e. The van der Waals surface area contributed by atoms with Crippen LogP contribution in [0, 0.1) is 0 Å². The summed E-state index contributed by atoms with van der Waals surface area (Å²) >= 11 is 2.73. The van der Waals surface area contributed by atoms with Crippen LogP contribution in [0.15, 0.2) is 24.3 Å². The summed E-state index contributed by atoms with van der Waals surface area (Å²) in [5, 5.41) is 0. The average molecular weight is 334 g/mol. The zero-order valence-corrected chi connectivity index (χ0v) is 10.6. The molecule has 0 spiro atoms. The molecule has 1 rings (SSSR count). The Morgan fingerprint density at radius 3 is 2.53 bits per heavy atom. The summed E-state index contributed by atoms with van der Waals surface area (Å²) in [6.45, 7) is 0. The third-order valence-electron chi connectivity index (χ3n) is 1.48. The Balaban J connectivity index is 2.87. The maximum absolute atomic E-state index is 11.9. The molecule has 1 aromatic rings. The molecule has 0 heterocycles. The Morgan fingerprint density at radius 1 is 1.35 bits per heavy atom. The summed E-state index contributed by atoms with van der Waals surface area (Å²) in [6, 6.07) is 4.56. The molecule has 96 valence electrons. The minimum Gasteiger partial charge on any atom is -0.406 e. The van der Waals surface area contributed by atoms with Gasteiger partial charge in [-0.1, -0.05) is 22.0 Å². The molecule has 17 heavy (non-hydrogen) atoms. The first-order valence-corrected chi connectivity index (χ1v) is 6.91. The molecule has 9 heteroatoms. The normalized spacial score (nSPS) is 12.2. The van der Waals surface area contributed by atoms with Crippen molar-refractivity contribution in [3.05, 3.63) is 24.3 Å². The molecule has 0 radical (unpaired) electrons. The van der Waals surface area contributed by atoms with Gasteiger partial charge in [0.2, 0.25) is 10.0 Å². The lowest BCUT2D eigenvalue weighted by Gasteiger charge is -2.10. The van der Waals surface area contributed by atoms with Crippen LogP contribution in [0.2, 0.25) is 0 Å². The monoisotopic (exact) mass is 333 g/mol. The second-order valence-electron chi connectivity index (χ2n) is 2.90. The fourth-order valence-electron chi connectivity index (χ4n) is 0.964. The number of rotatable bonds is 4. The molecule has 0 saturated carbocycles. The lowest BCUT2D eigenvalue weighted by molar-refractivity contribution is -0.274. The number of alkyl halides is 4. The fraction of sp³-hybridized carbons (Fsp3) is 0.250. The van der Waals surface area contributed by atoms with Crippen LogP contribution in [-0.4, -0.2) is 19.4 Å². The minimum atomic E-state index is -4.81. The zero-order valence-electron chi connectivity index (χ0n) is 8.16. The zero-order chi connectivity index (χ0) is 13.1. The van der Waals surface area contributed by atoms with E-state index in [4.69, 9.17) is 0 Å². The van der Waals surface area contributed by atoms with Crippen molar-refractivity contribution in [3.8, 4) is 5.75 Å². The van der Waals surface area contributed by atoms with Crippen LogP contribution in [0.25, 0.3) is 0 Å². The van der Waals surface area contributed by atoms with Crippen molar-refractivity contribution in [2.75, 3.05) is 9.38 Å². The van der Waals surface area contributed by atoms with Gasteiger partial charge in [-0.25, -0.2) is 8.42 Å².